The average Bonchev–Trinajstić information content (AvgIpc) is 2.58. The first-order chi connectivity index (χ1) is 12.0. The summed E-state index contributed by atoms with van der Waals surface area (Å²) in [6, 6.07) is 15.1. The minimum absolute atomic E-state index is 0.111. The minimum Gasteiger partial charge on any atom is -0.368 e. The number of nitriles is 1. The lowest BCUT2D eigenvalue weighted by Crippen LogP contribution is -2.08. The van der Waals surface area contributed by atoms with Gasteiger partial charge in [0, 0.05) is 11.4 Å². The Morgan fingerprint density at radius 3 is 2.08 bits per heavy atom. The predicted molar refractivity (Wildman–Crippen MR) is 97.9 cm³/mol. The van der Waals surface area contributed by atoms with Crippen LogP contribution in [0.25, 0.3) is 0 Å². The van der Waals surface area contributed by atoms with Crippen LogP contribution >= 0.6 is 0 Å². The number of aromatic nitrogens is 3. The Morgan fingerprint density at radius 1 is 0.880 bits per heavy atom. The summed E-state index contributed by atoms with van der Waals surface area (Å²) < 4.78 is 0. The molecule has 0 aliphatic carbocycles. The summed E-state index contributed by atoms with van der Waals surface area (Å²) in [5, 5.41) is 15.1. The standard InChI is InChI=1S/C18H17N7/c1-11-4-3-5-12(2)15(11)22-18-24-16(20)23-17(25-18)21-14-8-6-13(10-19)7-9-14/h3-9H,1-2H3,(H4,20,21,22,23,24,25). The number of nitrogen functional groups attached to an aromatic ring is 1. The third-order valence-corrected chi connectivity index (χ3v) is 3.64. The van der Waals surface area contributed by atoms with E-state index in [9.17, 15) is 0 Å². The van der Waals surface area contributed by atoms with Crippen molar-refractivity contribution in [2.75, 3.05) is 16.4 Å². The zero-order valence-corrected chi connectivity index (χ0v) is 13.9. The maximum absolute atomic E-state index is 8.85. The highest BCUT2D eigenvalue weighted by Crippen LogP contribution is 2.23. The average molecular weight is 331 g/mol. The molecular weight excluding hydrogens is 314 g/mol. The molecule has 0 aliphatic rings. The largest absolute Gasteiger partial charge is 0.368 e. The monoisotopic (exact) mass is 331 g/mol. The maximum atomic E-state index is 8.85. The van der Waals surface area contributed by atoms with Crippen molar-refractivity contribution < 1.29 is 0 Å². The van der Waals surface area contributed by atoms with Gasteiger partial charge in [0.1, 0.15) is 0 Å². The number of para-hydroxylation sites is 1. The summed E-state index contributed by atoms with van der Waals surface area (Å²) in [4.78, 5) is 12.6. The van der Waals surface area contributed by atoms with Crippen LogP contribution in [0.1, 0.15) is 16.7 Å². The van der Waals surface area contributed by atoms with Crippen molar-refractivity contribution in [1.29, 1.82) is 5.26 Å². The van der Waals surface area contributed by atoms with Crippen molar-refractivity contribution >= 4 is 29.2 Å². The Balaban J connectivity index is 1.86. The van der Waals surface area contributed by atoms with Crippen molar-refractivity contribution in [3.05, 3.63) is 59.2 Å². The predicted octanol–water partition coefficient (Wildman–Crippen LogP) is 3.43. The van der Waals surface area contributed by atoms with E-state index in [2.05, 4.69) is 31.7 Å². The van der Waals surface area contributed by atoms with E-state index in [-0.39, 0.29) is 5.95 Å². The molecule has 0 aliphatic heterocycles. The van der Waals surface area contributed by atoms with Gasteiger partial charge in [-0.2, -0.15) is 20.2 Å². The highest BCUT2D eigenvalue weighted by Gasteiger charge is 2.08. The number of hydrogen-bond acceptors (Lipinski definition) is 7. The Labute approximate surface area is 145 Å². The van der Waals surface area contributed by atoms with Gasteiger partial charge in [0.25, 0.3) is 0 Å². The molecule has 0 unspecified atom stereocenters. The lowest BCUT2D eigenvalue weighted by Gasteiger charge is -2.12. The molecule has 4 N–H and O–H groups in total. The first-order valence-electron chi connectivity index (χ1n) is 7.67. The number of rotatable bonds is 4. The normalized spacial score (nSPS) is 10.1. The first-order valence-corrected chi connectivity index (χ1v) is 7.67. The fraction of sp³-hybridized carbons (Fsp3) is 0.111. The van der Waals surface area contributed by atoms with Gasteiger partial charge in [-0.1, -0.05) is 18.2 Å². The second-order valence-corrected chi connectivity index (χ2v) is 5.55. The van der Waals surface area contributed by atoms with Crippen molar-refractivity contribution in [1.82, 2.24) is 15.0 Å². The summed E-state index contributed by atoms with van der Waals surface area (Å²) in [6.45, 7) is 4.02. The second-order valence-electron chi connectivity index (χ2n) is 5.55. The molecule has 124 valence electrons. The van der Waals surface area contributed by atoms with Gasteiger partial charge in [-0.05, 0) is 49.2 Å². The molecule has 0 saturated heterocycles. The molecule has 25 heavy (non-hydrogen) atoms. The molecule has 0 fully saturated rings. The summed E-state index contributed by atoms with van der Waals surface area (Å²) in [6.07, 6.45) is 0. The molecule has 3 rings (SSSR count). The first kappa shape index (κ1) is 16.2. The van der Waals surface area contributed by atoms with Crippen LogP contribution in [0.3, 0.4) is 0 Å². The zero-order valence-electron chi connectivity index (χ0n) is 13.9. The van der Waals surface area contributed by atoms with Crippen LogP contribution in [0.2, 0.25) is 0 Å². The third kappa shape index (κ3) is 3.82. The Kier molecular flexibility index (Phi) is 4.44. The molecule has 2 aromatic carbocycles. The van der Waals surface area contributed by atoms with Gasteiger partial charge in [0.05, 0.1) is 11.6 Å². The SMILES string of the molecule is Cc1cccc(C)c1Nc1nc(N)nc(Nc2ccc(C#N)cc2)n1. The number of benzene rings is 2. The summed E-state index contributed by atoms with van der Waals surface area (Å²) in [7, 11) is 0. The number of nitrogens with two attached hydrogens (primary N) is 1. The summed E-state index contributed by atoms with van der Waals surface area (Å²) in [5.74, 6) is 0.798. The molecule has 1 heterocycles. The van der Waals surface area contributed by atoms with Gasteiger partial charge in [-0.3, -0.25) is 0 Å². The molecule has 0 atom stereocenters. The van der Waals surface area contributed by atoms with E-state index >= 15 is 0 Å². The smallest absolute Gasteiger partial charge is 0.233 e. The van der Waals surface area contributed by atoms with E-state index in [1.165, 1.54) is 0 Å². The Bertz CT molecular complexity index is 922. The highest BCUT2D eigenvalue weighted by atomic mass is 15.2. The van der Waals surface area contributed by atoms with Crippen LogP contribution in [0, 0.1) is 25.2 Å². The molecule has 0 saturated carbocycles. The minimum atomic E-state index is 0.111. The molecular formula is C18H17N7. The molecule has 3 aromatic rings. The Hall–Kier alpha value is -3.66. The number of hydrogen-bond donors (Lipinski definition) is 3. The maximum Gasteiger partial charge on any atom is 0.233 e. The van der Waals surface area contributed by atoms with Crippen LogP contribution in [0.5, 0.6) is 0 Å². The number of nitrogens with zero attached hydrogens (tertiary/aromatic N) is 4. The molecule has 0 bridgehead atoms. The van der Waals surface area contributed by atoms with Gasteiger partial charge in [-0.25, -0.2) is 0 Å². The summed E-state index contributed by atoms with van der Waals surface area (Å²) >= 11 is 0. The molecule has 0 spiro atoms. The van der Waals surface area contributed by atoms with E-state index < -0.39 is 0 Å². The van der Waals surface area contributed by atoms with E-state index in [0.717, 1.165) is 22.5 Å². The van der Waals surface area contributed by atoms with Crippen LogP contribution in [0.4, 0.5) is 29.2 Å². The fourth-order valence-corrected chi connectivity index (χ4v) is 2.38. The van der Waals surface area contributed by atoms with Crippen LogP contribution in [-0.2, 0) is 0 Å². The molecule has 0 radical (unpaired) electrons. The van der Waals surface area contributed by atoms with E-state index in [0.29, 0.717) is 17.5 Å². The van der Waals surface area contributed by atoms with E-state index in [1.807, 2.05) is 32.0 Å². The van der Waals surface area contributed by atoms with Gasteiger partial charge in [0.15, 0.2) is 0 Å². The topological polar surface area (TPSA) is 113 Å². The molecule has 7 heteroatoms. The second kappa shape index (κ2) is 6.84. The van der Waals surface area contributed by atoms with E-state index in [4.69, 9.17) is 11.0 Å². The van der Waals surface area contributed by atoms with Crippen molar-refractivity contribution in [3.63, 3.8) is 0 Å². The number of aryl methyl sites for hydroxylation is 2. The van der Waals surface area contributed by atoms with E-state index in [1.54, 1.807) is 24.3 Å². The van der Waals surface area contributed by atoms with Gasteiger partial charge >= 0.3 is 0 Å². The number of nitrogens with one attached hydrogen (secondary N) is 2. The third-order valence-electron chi connectivity index (χ3n) is 3.64. The van der Waals surface area contributed by atoms with Crippen molar-refractivity contribution in [3.8, 4) is 6.07 Å². The summed E-state index contributed by atoms with van der Waals surface area (Å²) in [5.41, 5.74) is 10.2. The molecule has 7 nitrogen and oxygen atoms in total. The zero-order chi connectivity index (χ0) is 17.8. The van der Waals surface area contributed by atoms with Gasteiger partial charge < -0.3 is 16.4 Å². The fourth-order valence-electron chi connectivity index (χ4n) is 2.38. The lowest BCUT2D eigenvalue weighted by molar-refractivity contribution is 1.07. The van der Waals surface area contributed by atoms with Crippen molar-refractivity contribution in [2.24, 2.45) is 0 Å². The lowest BCUT2D eigenvalue weighted by atomic mass is 10.1. The van der Waals surface area contributed by atoms with Crippen LogP contribution in [-0.4, -0.2) is 15.0 Å². The molecule has 0 amide bonds. The van der Waals surface area contributed by atoms with Crippen LogP contribution < -0.4 is 16.4 Å². The van der Waals surface area contributed by atoms with Gasteiger partial charge in [0.2, 0.25) is 17.8 Å². The van der Waals surface area contributed by atoms with Crippen molar-refractivity contribution in [2.45, 2.75) is 13.8 Å². The van der Waals surface area contributed by atoms with Gasteiger partial charge in [-0.15, -0.1) is 0 Å². The molecule has 1 aromatic heterocycles. The Morgan fingerprint density at radius 2 is 1.48 bits per heavy atom. The quantitative estimate of drug-likeness (QED) is 0.671. The van der Waals surface area contributed by atoms with Crippen LogP contribution in [0.15, 0.2) is 42.5 Å². The number of anilines is 5. The highest BCUT2D eigenvalue weighted by molar-refractivity contribution is 5.64.